The second-order valence-corrected chi connectivity index (χ2v) is 2.53. The fourth-order valence-electron chi connectivity index (χ4n) is 0.945. The highest BCUT2D eigenvalue weighted by Crippen LogP contribution is 1.98. The molecular weight excluding hydrogens is 169 g/mol. The third-order valence-corrected chi connectivity index (χ3v) is 2.11. The highest BCUT2D eigenvalue weighted by Gasteiger charge is 2.06. The van der Waals surface area contributed by atoms with Gasteiger partial charge in [-0.05, 0) is 20.0 Å². The third-order valence-electron chi connectivity index (χ3n) is 1.66. The summed E-state index contributed by atoms with van der Waals surface area (Å²) >= 11 is 5.66. The van der Waals surface area contributed by atoms with Crippen molar-refractivity contribution in [1.82, 2.24) is 4.90 Å². The zero-order valence-corrected chi connectivity index (χ0v) is 8.50. The smallest absolute Gasteiger partial charge is 0.0376 e. The molecule has 0 N–H and O–H groups in total. The predicted molar refractivity (Wildman–Crippen MR) is 50.4 cm³/mol. The molecule has 3 heteroatoms. The van der Waals surface area contributed by atoms with Crippen LogP contribution in [0.3, 0.4) is 0 Å². The van der Waals surface area contributed by atoms with E-state index in [9.17, 15) is 0 Å². The monoisotopic (exact) mass is 185 g/mol. The van der Waals surface area contributed by atoms with E-state index in [2.05, 4.69) is 25.7 Å². The molecular formula is C7H17Cl2N. The lowest BCUT2D eigenvalue weighted by Crippen LogP contribution is -2.33. The summed E-state index contributed by atoms with van der Waals surface area (Å²) in [6.45, 7) is 8.67. The molecule has 0 heterocycles. The van der Waals surface area contributed by atoms with Crippen LogP contribution in [0.15, 0.2) is 0 Å². The Labute approximate surface area is 75.1 Å². The second-order valence-electron chi connectivity index (χ2n) is 2.22. The van der Waals surface area contributed by atoms with Gasteiger partial charge in [-0.15, -0.1) is 24.0 Å². The van der Waals surface area contributed by atoms with E-state index in [-0.39, 0.29) is 12.4 Å². The third kappa shape index (κ3) is 4.37. The molecule has 0 fully saturated rings. The SMILES string of the molecule is CCN(CC)C(C)CCl.Cl. The van der Waals surface area contributed by atoms with Gasteiger partial charge in [-0.25, -0.2) is 0 Å². The summed E-state index contributed by atoms with van der Waals surface area (Å²) in [5.74, 6) is 0.738. The highest BCUT2D eigenvalue weighted by atomic mass is 35.5. The van der Waals surface area contributed by atoms with Gasteiger partial charge in [-0.2, -0.15) is 0 Å². The zero-order valence-electron chi connectivity index (χ0n) is 6.93. The van der Waals surface area contributed by atoms with Crippen LogP contribution in [0.1, 0.15) is 20.8 Å². The lowest BCUT2D eigenvalue weighted by Gasteiger charge is -2.23. The van der Waals surface area contributed by atoms with Gasteiger partial charge >= 0.3 is 0 Å². The molecule has 0 rings (SSSR count). The fraction of sp³-hybridized carbons (Fsp3) is 1.00. The van der Waals surface area contributed by atoms with Gasteiger partial charge in [0.1, 0.15) is 0 Å². The predicted octanol–water partition coefficient (Wildman–Crippen LogP) is 2.38. The number of halogens is 2. The average Bonchev–Trinajstić information content (AvgIpc) is 1.90. The lowest BCUT2D eigenvalue weighted by molar-refractivity contribution is 0.249. The summed E-state index contributed by atoms with van der Waals surface area (Å²) in [4.78, 5) is 2.34. The molecule has 0 aliphatic heterocycles. The minimum atomic E-state index is 0. The molecule has 0 aromatic rings. The first-order valence-electron chi connectivity index (χ1n) is 3.56. The van der Waals surface area contributed by atoms with E-state index in [1.165, 1.54) is 0 Å². The van der Waals surface area contributed by atoms with E-state index in [1.807, 2.05) is 0 Å². The van der Waals surface area contributed by atoms with Crippen molar-refractivity contribution >= 4 is 24.0 Å². The average molecular weight is 186 g/mol. The Morgan fingerprint density at radius 3 is 1.80 bits per heavy atom. The highest BCUT2D eigenvalue weighted by molar-refractivity contribution is 6.18. The molecule has 0 saturated heterocycles. The number of rotatable bonds is 4. The van der Waals surface area contributed by atoms with Crippen LogP contribution in [0.25, 0.3) is 0 Å². The summed E-state index contributed by atoms with van der Waals surface area (Å²) in [6.07, 6.45) is 0. The molecule has 0 aliphatic rings. The summed E-state index contributed by atoms with van der Waals surface area (Å²) in [5, 5.41) is 0. The van der Waals surface area contributed by atoms with Crippen LogP contribution in [-0.4, -0.2) is 29.9 Å². The van der Waals surface area contributed by atoms with E-state index < -0.39 is 0 Å². The summed E-state index contributed by atoms with van der Waals surface area (Å²) < 4.78 is 0. The van der Waals surface area contributed by atoms with Crippen LogP contribution in [-0.2, 0) is 0 Å². The Morgan fingerprint density at radius 2 is 1.70 bits per heavy atom. The van der Waals surface area contributed by atoms with E-state index in [0.29, 0.717) is 6.04 Å². The first kappa shape index (κ1) is 13.2. The van der Waals surface area contributed by atoms with Crippen LogP contribution in [0.2, 0.25) is 0 Å². The van der Waals surface area contributed by atoms with E-state index in [1.54, 1.807) is 0 Å². The fourth-order valence-corrected chi connectivity index (χ4v) is 1.14. The normalized spacial score (nSPS) is 12.9. The maximum Gasteiger partial charge on any atom is 0.0376 e. The van der Waals surface area contributed by atoms with Gasteiger partial charge < -0.3 is 4.90 Å². The molecule has 0 bridgehead atoms. The second kappa shape index (κ2) is 7.64. The minimum absolute atomic E-state index is 0. The summed E-state index contributed by atoms with van der Waals surface area (Å²) in [5.41, 5.74) is 0. The van der Waals surface area contributed by atoms with Crippen molar-refractivity contribution in [3.05, 3.63) is 0 Å². The Kier molecular flexibility index (Phi) is 10.1. The van der Waals surface area contributed by atoms with Gasteiger partial charge in [0.15, 0.2) is 0 Å². The van der Waals surface area contributed by atoms with Crippen LogP contribution in [0, 0.1) is 0 Å². The molecule has 64 valence electrons. The molecule has 1 atom stereocenters. The standard InChI is InChI=1S/C7H16ClN.ClH/c1-4-9(5-2)7(3)6-8;/h7H,4-6H2,1-3H3;1H. The maximum atomic E-state index is 5.66. The first-order chi connectivity index (χ1) is 4.26. The molecule has 1 unspecified atom stereocenters. The quantitative estimate of drug-likeness (QED) is 0.609. The van der Waals surface area contributed by atoms with Crippen molar-refractivity contribution < 1.29 is 0 Å². The first-order valence-corrected chi connectivity index (χ1v) is 4.09. The number of nitrogens with zero attached hydrogens (tertiary/aromatic N) is 1. The number of hydrogen-bond acceptors (Lipinski definition) is 1. The van der Waals surface area contributed by atoms with Gasteiger partial charge in [0.2, 0.25) is 0 Å². The molecule has 0 radical (unpaired) electrons. The molecule has 0 saturated carbocycles. The molecule has 0 aromatic carbocycles. The van der Waals surface area contributed by atoms with Gasteiger partial charge in [0, 0.05) is 11.9 Å². The van der Waals surface area contributed by atoms with Gasteiger partial charge in [0.05, 0.1) is 0 Å². The minimum Gasteiger partial charge on any atom is -0.300 e. The van der Waals surface area contributed by atoms with E-state index >= 15 is 0 Å². The van der Waals surface area contributed by atoms with Crippen LogP contribution in [0.5, 0.6) is 0 Å². The van der Waals surface area contributed by atoms with Gasteiger partial charge in [-0.3, -0.25) is 0 Å². The molecule has 1 nitrogen and oxygen atoms in total. The molecule has 0 aliphatic carbocycles. The van der Waals surface area contributed by atoms with Crippen LogP contribution in [0.4, 0.5) is 0 Å². The maximum absolute atomic E-state index is 5.66. The van der Waals surface area contributed by atoms with Gasteiger partial charge in [-0.1, -0.05) is 13.8 Å². The van der Waals surface area contributed by atoms with Crippen molar-refractivity contribution in [3.63, 3.8) is 0 Å². The Bertz CT molecular complexity index is 64.6. The lowest BCUT2D eigenvalue weighted by atomic mass is 10.3. The van der Waals surface area contributed by atoms with E-state index in [4.69, 9.17) is 11.6 Å². The van der Waals surface area contributed by atoms with Gasteiger partial charge in [0.25, 0.3) is 0 Å². The zero-order chi connectivity index (χ0) is 7.28. The summed E-state index contributed by atoms with van der Waals surface area (Å²) in [6, 6.07) is 0.529. The molecule has 0 amide bonds. The van der Waals surface area contributed by atoms with Crippen molar-refractivity contribution in [2.45, 2.75) is 26.8 Å². The molecule has 10 heavy (non-hydrogen) atoms. The molecule has 0 aromatic heterocycles. The number of alkyl halides is 1. The Hall–Kier alpha value is 0.540. The topological polar surface area (TPSA) is 3.24 Å². The van der Waals surface area contributed by atoms with Crippen LogP contribution < -0.4 is 0 Å². The summed E-state index contributed by atoms with van der Waals surface area (Å²) in [7, 11) is 0. The van der Waals surface area contributed by atoms with Crippen molar-refractivity contribution in [2.24, 2.45) is 0 Å². The molecule has 0 spiro atoms. The van der Waals surface area contributed by atoms with E-state index in [0.717, 1.165) is 19.0 Å². The Balaban J connectivity index is 0. The van der Waals surface area contributed by atoms with Crippen molar-refractivity contribution in [1.29, 1.82) is 0 Å². The number of hydrogen-bond donors (Lipinski definition) is 0. The van der Waals surface area contributed by atoms with Crippen LogP contribution >= 0.6 is 24.0 Å². The largest absolute Gasteiger partial charge is 0.300 e. The van der Waals surface area contributed by atoms with Crippen molar-refractivity contribution in [2.75, 3.05) is 19.0 Å². The van der Waals surface area contributed by atoms with Crippen molar-refractivity contribution in [3.8, 4) is 0 Å². The Morgan fingerprint density at radius 1 is 1.30 bits per heavy atom.